The molecule has 0 N–H and O–H groups in total. The molecule has 0 bridgehead atoms. The second-order valence-corrected chi connectivity index (χ2v) is 7.26. The molecule has 0 atom stereocenters. The molecule has 0 aromatic heterocycles. The zero-order valence-electron chi connectivity index (χ0n) is 13.8. The van der Waals surface area contributed by atoms with E-state index in [1.54, 1.807) is 48.5 Å². The van der Waals surface area contributed by atoms with E-state index in [2.05, 4.69) is 0 Å². The smallest absolute Gasteiger partial charge is 0.262 e. The highest BCUT2D eigenvalue weighted by Gasteiger charge is 2.36. The van der Waals surface area contributed by atoms with Crippen LogP contribution in [0.1, 0.15) is 41.4 Å². The summed E-state index contributed by atoms with van der Waals surface area (Å²) in [7, 11) is 0. The van der Waals surface area contributed by atoms with Gasteiger partial charge < -0.3 is 0 Å². The summed E-state index contributed by atoms with van der Waals surface area (Å²) in [6.07, 6.45) is 0. The number of nitrogens with zero attached hydrogens (tertiary/aromatic N) is 2. The van der Waals surface area contributed by atoms with Gasteiger partial charge in [0.25, 0.3) is 23.6 Å². The molecule has 2 heterocycles. The average Bonchev–Trinajstić information content (AvgIpc) is 3.08. The normalized spacial score (nSPS) is 15.6. The van der Waals surface area contributed by atoms with Crippen LogP contribution in [0.4, 0.5) is 0 Å². The maximum atomic E-state index is 12.2. The maximum Gasteiger partial charge on any atom is 0.262 e. The molecular weight excluding hydrogens is 388 g/mol. The van der Waals surface area contributed by atoms with E-state index < -0.39 is 0 Å². The number of rotatable bonds is 6. The summed E-state index contributed by atoms with van der Waals surface area (Å²) in [4.78, 5) is 51.1. The van der Waals surface area contributed by atoms with E-state index in [1.165, 1.54) is 0 Å². The fraction of sp³-hybridized carbons (Fsp3) is 0.111. The molecule has 2 aromatic carbocycles. The summed E-state index contributed by atoms with van der Waals surface area (Å²) in [5.74, 6) is -1.42. The largest absolute Gasteiger partial charge is 0.269 e. The van der Waals surface area contributed by atoms with E-state index in [4.69, 9.17) is 3.63 Å². The Bertz CT molecular complexity index is 830. The minimum Gasteiger partial charge on any atom is -0.269 e. The van der Waals surface area contributed by atoms with Crippen LogP contribution in [-0.4, -0.2) is 45.2 Å². The summed E-state index contributed by atoms with van der Waals surface area (Å²) in [6.45, 7) is 0. The van der Waals surface area contributed by atoms with Crippen LogP contribution in [0.5, 0.6) is 0 Å². The number of carbonyl (C=O) groups excluding carboxylic acids is 4. The van der Waals surface area contributed by atoms with Crippen LogP contribution in [0.25, 0.3) is 0 Å². The van der Waals surface area contributed by atoms with Crippen LogP contribution in [0, 0.1) is 0 Å². The first kappa shape index (κ1) is 17.8. The number of benzene rings is 2. The standard InChI is InChI=1S/C18H12N2O5S2/c21-15-11-5-1-2-6-12(11)16(22)19(15)9-26-25-27-10-20-17(23)13-7-3-4-8-14(13)18(20)24/h1-8H,9-10H2. The highest BCUT2D eigenvalue weighted by atomic mass is 32.2. The molecule has 7 nitrogen and oxygen atoms in total. The molecule has 0 unspecified atom stereocenters. The Balaban J connectivity index is 1.28. The summed E-state index contributed by atoms with van der Waals surface area (Å²) in [5, 5.41) is 0. The monoisotopic (exact) mass is 400 g/mol. The van der Waals surface area contributed by atoms with Crippen molar-refractivity contribution in [3.05, 3.63) is 70.8 Å². The van der Waals surface area contributed by atoms with Crippen molar-refractivity contribution in [1.82, 2.24) is 9.80 Å². The van der Waals surface area contributed by atoms with Gasteiger partial charge in [0.15, 0.2) is 0 Å². The van der Waals surface area contributed by atoms with Gasteiger partial charge in [0.2, 0.25) is 0 Å². The van der Waals surface area contributed by atoms with E-state index in [-0.39, 0.29) is 35.4 Å². The van der Waals surface area contributed by atoms with Crippen LogP contribution in [0.2, 0.25) is 0 Å². The first-order valence-corrected chi connectivity index (χ1v) is 9.73. The minimum atomic E-state index is -0.364. The van der Waals surface area contributed by atoms with E-state index in [0.717, 1.165) is 33.9 Å². The molecule has 2 aliphatic heterocycles. The predicted molar refractivity (Wildman–Crippen MR) is 99.9 cm³/mol. The van der Waals surface area contributed by atoms with Crippen molar-refractivity contribution >= 4 is 47.7 Å². The summed E-state index contributed by atoms with van der Waals surface area (Å²) in [6, 6.07) is 13.3. The lowest BCUT2D eigenvalue weighted by Gasteiger charge is -2.14. The third-order valence-electron chi connectivity index (χ3n) is 4.22. The van der Waals surface area contributed by atoms with Crippen LogP contribution >= 0.6 is 24.1 Å². The Morgan fingerprint density at radius 2 is 0.889 bits per heavy atom. The lowest BCUT2D eigenvalue weighted by atomic mass is 10.1. The van der Waals surface area contributed by atoms with Crippen LogP contribution in [-0.2, 0) is 3.63 Å². The van der Waals surface area contributed by atoms with E-state index in [0.29, 0.717) is 22.3 Å². The number of carbonyl (C=O) groups is 4. The zero-order chi connectivity index (χ0) is 19.0. The SMILES string of the molecule is O=C1c2ccccc2C(=O)N1CSOSCN1C(=O)c2ccccc2C1=O. The van der Waals surface area contributed by atoms with Gasteiger partial charge in [-0.05, 0) is 24.3 Å². The molecule has 136 valence electrons. The predicted octanol–water partition coefficient (Wildman–Crippen LogP) is 2.81. The molecule has 0 spiro atoms. The molecule has 2 aliphatic rings. The van der Waals surface area contributed by atoms with E-state index in [9.17, 15) is 19.2 Å². The number of hydrogen-bond donors (Lipinski definition) is 0. The van der Waals surface area contributed by atoms with Gasteiger partial charge in [-0.15, -0.1) is 0 Å². The Hall–Kier alpha value is -2.62. The van der Waals surface area contributed by atoms with Gasteiger partial charge in [0.05, 0.1) is 22.3 Å². The first-order chi connectivity index (χ1) is 13.1. The van der Waals surface area contributed by atoms with Gasteiger partial charge >= 0.3 is 0 Å². The quantitative estimate of drug-likeness (QED) is 0.419. The molecule has 2 aromatic rings. The van der Waals surface area contributed by atoms with Crippen molar-refractivity contribution in [2.75, 3.05) is 11.8 Å². The number of fused-ring (bicyclic) bond motifs is 2. The highest BCUT2D eigenvalue weighted by molar-refractivity contribution is 8.07. The van der Waals surface area contributed by atoms with Gasteiger partial charge in [0, 0.05) is 24.1 Å². The van der Waals surface area contributed by atoms with E-state index >= 15 is 0 Å². The third-order valence-corrected chi connectivity index (χ3v) is 5.71. The van der Waals surface area contributed by atoms with Crippen molar-refractivity contribution in [3.8, 4) is 0 Å². The molecule has 0 saturated heterocycles. The molecule has 27 heavy (non-hydrogen) atoms. The minimum absolute atomic E-state index is 0.0153. The fourth-order valence-corrected chi connectivity index (χ4v) is 4.19. The van der Waals surface area contributed by atoms with Crippen molar-refractivity contribution in [2.24, 2.45) is 0 Å². The van der Waals surface area contributed by atoms with Crippen molar-refractivity contribution in [2.45, 2.75) is 0 Å². The van der Waals surface area contributed by atoms with Gasteiger partial charge in [-0.25, -0.2) is 3.63 Å². The van der Waals surface area contributed by atoms with Crippen molar-refractivity contribution in [3.63, 3.8) is 0 Å². The van der Waals surface area contributed by atoms with Crippen LogP contribution in [0.3, 0.4) is 0 Å². The molecule has 0 radical (unpaired) electrons. The molecule has 0 saturated carbocycles. The second-order valence-electron chi connectivity index (χ2n) is 5.73. The number of imide groups is 2. The van der Waals surface area contributed by atoms with Crippen molar-refractivity contribution < 1.29 is 22.8 Å². The molecular formula is C18H12N2O5S2. The lowest BCUT2D eigenvalue weighted by Crippen LogP contribution is -2.30. The van der Waals surface area contributed by atoms with Gasteiger partial charge in [-0.2, -0.15) is 0 Å². The van der Waals surface area contributed by atoms with Gasteiger partial charge in [-0.1, -0.05) is 24.3 Å². The lowest BCUT2D eigenvalue weighted by molar-refractivity contribution is 0.0669. The first-order valence-electron chi connectivity index (χ1n) is 7.91. The Kier molecular flexibility index (Phi) is 4.73. The Labute approximate surface area is 163 Å². The fourth-order valence-electron chi connectivity index (χ4n) is 2.90. The molecule has 0 aliphatic carbocycles. The Morgan fingerprint density at radius 1 is 0.593 bits per heavy atom. The zero-order valence-corrected chi connectivity index (χ0v) is 15.4. The van der Waals surface area contributed by atoms with E-state index in [1.807, 2.05) is 0 Å². The molecule has 0 fully saturated rings. The summed E-state index contributed by atoms with van der Waals surface area (Å²) in [5.41, 5.74) is 1.51. The van der Waals surface area contributed by atoms with Crippen LogP contribution < -0.4 is 0 Å². The summed E-state index contributed by atoms with van der Waals surface area (Å²) >= 11 is 1.79. The second kappa shape index (κ2) is 7.18. The topological polar surface area (TPSA) is 84.0 Å². The number of hydrogen-bond acceptors (Lipinski definition) is 7. The third kappa shape index (κ3) is 3.03. The van der Waals surface area contributed by atoms with Gasteiger partial charge in [-0.3, -0.25) is 29.0 Å². The number of amides is 4. The molecule has 4 amide bonds. The Morgan fingerprint density at radius 3 is 1.19 bits per heavy atom. The highest BCUT2D eigenvalue weighted by Crippen LogP contribution is 2.28. The summed E-state index contributed by atoms with van der Waals surface area (Å²) < 4.78 is 5.29. The maximum absolute atomic E-state index is 12.2. The molecule has 9 heteroatoms. The molecule has 4 rings (SSSR count). The van der Waals surface area contributed by atoms with Crippen LogP contribution in [0.15, 0.2) is 48.5 Å². The average molecular weight is 400 g/mol. The van der Waals surface area contributed by atoms with Gasteiger partial charge in [0.1, 0.15) is 11.8 Å². The van der Waals surface area contributed by atoms with Crippen molar-refractivity contribution in [1.29, 1.82) is 0 Å².